The minimum Gasteiger partial charge on any atom is -0.444 e. The molecule has 1 saturated carbocycles. The van der Waals surface area contributed by atoms with Crippen molar-refractivity contribution in [3.8, 4) is 0 Å². The molecule has 2 rings (SSSR count). The fourth-order valence-corrected chi connectivity index (χ4v) is 3.91. The third-order valence-electron chi connectivity index (χ3n) is 5.36. The number of rotatable bonds is 5. The summed E-state index contributed by atoms with van der Waals surface area (Å²) in [5.74, 6) is 1.79. The summed E-state index contributed by atoms with van der Waals surface area (Å²) in [6.07, 6.45) is 8.91. The zero-order valence-electron chi connectivity index (χ0n) is 15.6. The molecule has 2 aliphatic rings. The molecule has 1 saturated heterocycles. The van der Waals surface area contributed by atoms with E-state index in [4.69, 9.17) is 4.74 Å². The molecule has 0 aromatic carbocycles. The Kier molecular flexibility index (Phi) is 6.75. The first-order valence-electron chi connectivity index (χ1n) is 9.59. The van der Waals surface area contributed by atoms with Crippen molar-refractivity contribution in [3.05, 3.63) is 0 Å². The van der Waals surface area contributed by atoms with Gasteiger partial charge in [-0.05, 0) is 64.8 Å². The molecular formula is C19H36N2O2. The van der Waals surface area contributed by atoms with E-state index in [1.165, 1.54) is 32.1 Å². The molecule has 1 heterocycles. The SMILES string of the molecule is CCC1CCC(CNCC2CCCN2C(=O)OC(C)(C)C)CC1. The normalized spacial score (nSPS) is 28.9. The molecule has 1 N–H and O–H groups in total. The Bertz CT molecular complexity index is 370. The number of nitrogens with one attached hydrogen (secondary N) is 1. The van der Waals surface area contributed by atoms with E-state index in [2.05, 4.69) is 12.2 Å². The Hall–Kier alpha value is -0.770. The highest BCUT2D eigenvalue weighted by Gasteiger charge is 2.32. The van der Waals surface area contributed by atoms with E-state index in [0.29, 0.717) is 6.04 Å². The molecule has 23 heavy (non-hydrogen) atoms. The Balaban J connectivity index is 1.69. The van der Waals surface area contributed by atoms with Crippen LogP contribution in [0.4, 0.5) is 4.79 Å². The van der Waals surface area contributed by atoms with Crippen molar-refractivity contribution in [2.24, 2.45) is 11.8 Å². The van der Waals surface area contributed by atoms with Crippen molar-refractivity contribution < 1.29 is 9.53 Å². The van der Waals surface area contributed by atoms with Crippen molar-refractivity contribution in [1.29, 1.82) is 0 Å². The predicted molar refractivity (Wildman–Crippen MR) is 94.6 cm³/mol. The molecule has 1 aliphatic heterocycles. The van der Waals surface area contributed by atoms with Gasteiger partial charge in [0.1, 0.15) is 5.60 Å². The quantitative estimate of drug-likeness (QED) is 0.824. The Morgan fingerprint density at radius 2 is 1.74 bits per heavy atom. The number of hydrogen-bond acceptors (Lipinski definition) is 3. The van der Waals surface area contributed by atoms with Crippen molar-refractivity contribution in [1.82, 2.24) is 10.2 Å². The van der Waals surface area contributed by atoms with Crippen LogP contribution in [0.3, 0.4) is 0 Å². The molecule has 0 spiro atoms. The summed E-state index contributed by atoms with van der Waals surface area (Å²) >= 11 is 0. The van der Waals surface area contributed by atoms with Gasteiger partial charge in [-0.2, -0.15) is 0 Å². The molecule has 1 amide bonds. The topological polar surface area (TPSA) is 41.6 Å². The van der Waals surface area contributed by atoms with Gasteiger partial charge in [-0.1, -0.05) is 26.2 Å². The third-order valence-corrected chi connectivity index (χ3v) is 5.36. The zero-order valence-corrected chi connectivity index (χ0v) is 15.6. The summed E-state index contributed by atoms with van der Waals surface area (Å²) in [6.45, 7) is 11.0. The average molecular weight is 325 g/mol. The predicted octanol–water partition coefficient (Wildman–Crippen LogP) is 4.19. The number of ether oxygens (including phenoxy) is 1. The van der Waals surface area contributed by atoms with E-state index in [1.54, 1.807) is 0 Å². The molecule has 1 unspecified atom stereocenters. The van der Waals surface area contributed by atoms with Gasteiger partial charge in [-0.15, -0.1) is 0 Å². The van der Waals surface area contributed by atoms with Crippen molar-refractivity contribution in [2.45, 2.75) is 84.3 Å². The van der Waals surface area contributed by atoms with Crippen LogP contribution >= 0.6 is 0 Å². The van der Waals surface area contributed by atoms with Gasteiger partial charge in [0.05, 0.1) is 0 Å². The van der Waals surface area contributed by atoms with Gasteiger partial charge < -0.3 is 15.0 Å². The molecule has 1 atom stereocenters. The van der Waals surface area contributed by atoms with Crippen LogP contribution in [-0.2, 0) is 4.74 Å². The van der Waals surface area contributed by atoms with Crippen LogP contribution in [0.1, 0.15) is 72.6 Å². The maximum absolute atomic E-state index is 12.3. The van der Waals surface area contributed by atoms with Crippen molar-refractivity contribution in [3.63, 3.8) is 0 Å². The first-order chi connectivity index (χ1) is 10.9. The maximum atomic E-state index is 12.3. The summed E-state index contributed by atoms with van der Waals surface area (Å²) in [7, 11) is 0. The van der Waals surface area contributed by atoms with Crippen LogP contribution in [0.5, 0.6) is 0 Å². The molecule has 4 heteroatoms. The molecular weight excluding hydrogens is 288 g/mol. The summed E-state index contributed by atoms with van der Waals surface area (Å²) in [5, 5.41) is 3.63. The minimum absolute atomic E-state index is 0.148. The fourth-order valence-electron chi connectivity index (χ4n) is 3.91. The van der Waals surface area contributed by atoms with Crippen LogP contribution in [0.25, 0.3) is 0 Å². The van der Waals surface area contributed by atoms with E-state index < -0.39 is 5.60 Å². The standard InChI is InChI=1S/C19H36N2O2/c1-5-15-8-10-16(11-9-15)13-20-14-17-7-6-12-21(17)18(22)23-19(2,3)4/h15-17,20H,5-14H2,1-4H3. The van der Waals surface area contributed by atoms with Gasteiger partial charge in [-0.3, -0.25) is 0 Å². The number of likely N-dealkylation sites (tertiary alicyclic amines) is 1. The van der Waals surface area contributed by atoms with Gasteiger partial charge in [-0.25, -0.2) is 4.79 Å². The van der Waals surface area contributed by atoms with Crippen LogP contribution in [-0.4, -0.2) is 42.3 Å². The zero-order chi connectivity index (χ0) is 16.9. The second-order valence-corrected chi connectivity index (χ2v) is 8.42. The van der Waals surface area contributed by atoms with Crippen LogP contribution in [0.2, 0.25) is 0 Å². The van der Waals surface area contributed by atoms with Gasteiger partial charge in [0.15, 0.2) is 0 Å². The molecule has 0 aromatic rings. The lowest BCUT2D eigenvalue weighted by Gasteiger charge is -2.30. The van der Waals surface area contributed by atoms with E-state index in [1.807, 2.05) is 25.7 Å². The number of carbonyl (C=O) groups excluding carboxylic acids is 1. The first-order valence-corrected chi connectivity index (χ1v) is 9.59. The number of amides is 1. The average Bonchev–Trinajstić information content (AvgIpc) is 2.95. The van der Waals surface area contributed by atoms with Gasteiger partial charge in [0.25, 0.3) is 0 Å². The lowest BCUT2D eigenvalue weighted by Crippen LogP contribution is -2.44. The summed E-state index contributed by atoms with van der Waals surface area (Å²) in [4.78, 5) is 14.2. The number of hydrogen-bond donors (Lipinski definition) is 1. The van der Waals surface area contributed by atoms with Crippen LogP contribution in [0, 0.1) is 11.8 Å². The molecule has 4 nitrogen and oxygen atoms in total. The highest BCUT2D eigenvalue weighted by molar-refractivity contribution is 5.69. The van der Waals surface area contributed by atoms with Gasteiger partial charge >= 0.3 is 6.09 Å². The summed E-state index contributed by atoms with van der Waals surface area (Å²) in [6, 6.07) is 0.303. The fraction of sp³-hybridized carbons (Fsp3) is 0.947. The lowest BCUT2D eigenvalue weighted by molar-refractivity contribution is 0.0226. The Morgan fingerprint density at radius 1 is 1.09 bits per heavy atom. The van der Waals surface area contributed by atoms with Crippen molar-refractivity contribution >= 4 is 6.09 Å². The highest BCUT2D eigenvalue weighted by Crippen LogP contribution is 2.30. The van der Waals surface area contributed by atoms with E-state index >= 15 is 0 Å². The lowest BCUT2D eigenvalue weighted by atomic mass is 9.81. The summed E-state index contributed by atoms with van der Waals surface area (Å²) < 4.78 is 5.53. The second kappa shape index (κ2) is 8.36. The van der Waals surface area contributed by atoms with Crippen LogP contribution < -0.4 is 5.32 Å². The van der Waals surface area contributed by atoms with E-state index in [9.17, 15) is 4.79 Å². The van der Waals surface area contributed by atoms with Gasteiger partial charge in [0.2, 0.25) is 0 Å². The molecule has 0 aromatic heterocycles. The van der Waals surface area contributed by atoms with E-state index in [-0.39, 0.29) is 6.09 Å². The second-order valence-electron chi connectivity index (χ2n) is 8.42. The van der Waals surface area contributed by atoms with Crippen molar-refractivity contribution in [2.75, 3.05) is 19.6 Å². The largest absolute Gasteiger partial charge is 0.444 e. The molecule has 1 aliphatic carbocycles. The molecule has 134 valence electrons. The Labute approximate surface area is 142 Å². The third kappa shape index (κ3) is 5.98. The molecule has 0 bridgehead atoms. The smallest absolute Gasteiger partial charge is 0.410 e. The molecule has 2 fully saturated rings. The Morgan fingerprint density at radius 3 is 2.35 bits per heavy atom. The maximum Gasteiger partial charge on any atom is 0.410 e. The highest BCUT2D eigenvalue weighted by atomic mass is 16.6. The number of nitrogens with zero attached hydrogens (tertiary/aromatic N) is 1. The summed E-state index contributed by atoms with van der Waals surface area (Å²) in [5.41, 5.74) is -0.407. The van der Waals surface area contributed by atoms with E-state index in [0.717, 1.165) is 44.3 Å². The monoisotopic (exact) mass is 324 g/mol. The first kappa shape index (κ1) is 18.6. The van der Waals surface area contributed by atoms with Gasteiger partial charge in [0, 0.05) is 19.1 Å². The number of carbonyl (C=O) groups is 1. The minimum atomic E-state index is -0.407. The molecule has 0 radical (unpaired) electrons. The van der Waals surface area contributed by atoms with Crippen LogP contribution in [0.15, 0.2) is 0 Å².